The van der Waals surface area contributed by atoms with E-state index >= 15 is 0 Å². The van der Waals surface area contributed by atoms with Crippen LogP contribution in [0.4, 0.5) is 5.69 Å². The van der Waals surface area contributed by atoms with Gasteiger partial charge in [-0.15, -0.1) is 0 Å². The molecule has 2 aromatic rings. The van der Waals surface area contributed by atoms with E-state index in [1.165, 1.54) is 5.56 Å². The SMILES string of the molecule is CCC(=O)Nc1ccc(S(=O)(=O)NCC2CCN(Cc3cc(C)oc3C)CC2)c(C)c1. The number of carbonyl (C=O) groups is 1. The van der Waals surface area contributed by atoms with Crippen LogP contribution in [0.25, 0.3) is 0 Å². The molecule has 1 saturated heterocycles. The Balaban J connectivity index is 1.52. The Kier molecular flexibility index (Phi) is 7.56. The molecule has 2 N–H and O–H groups in total. The second-order valence-corrected chi connectivity index (χ2v) is 10.1. The Morgan fingerprint density at radius 1 is 1.16 bits per heavy atom. The third kappa shape index (κ3) is 6.18. The second-order valence-electron chi connectivity index (χ2n) is 8.39. The molecule has 0 saturated carbocycles. The van der Waals surface area contributed by atoms with Gasteiger partial charge in [0.1, 0.15) is 11.5 Å². The molecule has 2 heterocycles. The number of sulfonamides is 1. The molecular formula is C23H33N3O4S. The lowest BCUT2D eigenvalue weighted by molar-refractivity contribution is -0.115. The summed E-state index contributed by atoms with van der Waals surface area (Å²) in [6.45, 7) is 10.7. The number of hydrogen-bond donors (Lipinski definition) is 2. The highest BCUT2D eigenvalue weighted by Gasteiger charge is 2.23. The summed E-state index contributed by atoms with van der Waals surface area (Å²) < 4.78 is 34.0. The number of amides is 1. The maximum absolute atomic E-state index is 12.8. The second kappa shape index (κ2) is 9.97. The number of hydrogen-bond acceptors (Lipinski definition) is 5. The summed E-state index contributed by atoms with van der Waals surface area (Å²) in [5.74, 6) is 2.13. The van der Waals surface area contributed by atoms with E-state index in [9.17, 15) is 13.2 Å². The van der Waals surface area contributed by atoms with Crippen LogP contribution >= 0.6 is 0 Å². The number of aryl methyl sites for hydroxylation is 3. The van der Waals surface area contributed by atoms with Gasteiger partial charge in [-0.2, -0.15) is 0 Å². The molecule has 1 aliphatic rings. The van der Waals surface area contributed by atoms with Gasteiger partial charge in [-0.25, -0.2) is 13.1 Å². The standard InChI is InChI=1S/C23H33N3O4S/c1-5-23(27)25-21-6-7-22(16(2)12-21)31(28,29)24-14-19-8-10-26(11-9-19)15-20-13-17(3)30-18(20)4/h6-7,12-13,19,24H,5,8-11,14-15H2,1-4H3,(H,25,27). The first kappa shape index (κ1) is 23.5. The zero-order valence-corrected chi connectivity index (χ0v) is 19.6. The highest BCUT2D eigenvalue weighted by atomic mass is 32.2. The van der Waals surface area contributed by atoms with Gasteiger partial charge in [-0.1, -0.05) is 6.92 Å². The van der Waals surface area contributed by atoms with Crippen LogP contribution < -0.4 is 10.0 Å². The minimum absolute atomic E-state index is 0.0995. The average molecular weight is 448 g/mol. The summed E-state index contributed by atoms with van der Waals surface area (Å²) in [7, 11) is -3.59. The van der Waals surface area contributed by atoms with Gasteiger partial charge >= 0.3 is 0 Å². The average Bonchev–Trinajstić information content (AvgIpc) is 3.04. The largest absolute Gasteiger partial charge is 0.466 e. The van der Waals surface area contributed by atoms with E-state index in [1.807, 2.05) is 13.8 Å². The number of furan rings is 1. The maximum atomic E-state index is 12.8. The zero-order chi connectivity index (χ0) is 22.6. The van der Waals surface area contributed by atoms with Gasteiger partial charge in [0.15, 0.2) is 0 Å². The summed E-state index contributed by atoms with van der Waals surface area (Å²) >= 11 is 0. The molecule has 7 nitrogen and oxygen atoms in total. The van der Waals surface area contributed by atoms with E-state index in [-0.39, 0.29) is 10.8 Å². The fourth-order valence-electron chi connectivity index (χ4n) is 4.01. The molecule has 0 aliphatic carbocycles. The smallest absolute Gasteiger partial charge is 0.240 e. The van der Waals surface area contributed by atoms with Crippen molar-refractivity contribution in [2.45, 2.75) is 58.4 Å². The maximum Gasteiger partial charge on any atom is 0.240 e. The number of likely N-dealkylation sites (tertiary alicyclic amines) is 1. The van der Waals surface area contributed by atoms with E-state index in [0.29, 0.717) is 30.1 Å². The lowest BCUT2D eigenvalue weighted by Crippen LogP contribution is -2.38. The van der Waals surface area contributed by atoms with Crippen molar-refractivity contribution < 1.29 is 17.6 Å². The lowest BCUT2D eigenvalue weighted by atomic mass is 9.97. The first-order valence-electron chi connectivity index (χ1n) is 10.9. The van der Waals surface area contributed by atoms with Gasteiger partial charge in [0, 0.05) is 30.8 Å². The van der Waals surface area contributed by atoms with Crippen molar-refractivity contribution in [2.75, 3.05) is 25.0 Å². The molecule has 170 valence electrons. The van der Waals surface area contributed by atoms with Crippen LogP contribution in [0.3, 0.4) is 0 Å². The lowest BCUT2D eigenvalue weighted by Gasteiger charge is -2.31. The molecule has 0 unspecified atom stereocenters. The quantitative estimate of drug-likeness (QED) is 0.643. The number of rotatable bonds is 8. The third-order valence-electron chi connectivity index (χ3n) is 5.88. The summed E-state index contributed by atoms with van der Waals surface area (Å²) in [6, 6.07) is 6.98. The van der Waals surface area contributed by atoms with Crippen LogP contribution in [0.1, 0.15) is 48.8 Å². The molecule has 31 heavy (non-hydrogen) atoms. The number of nitrogens with one attached hydrogen (secondary N) is 2. The molecule has 0 bridgehead atoms. The van der Waals surface area contributed by atoms with Crippen molar-refractivity contribution in [1.82, 2.24) is 9.62 Å². The van der Waals surface area contributed by atoms with Crippen molar-refractivity contribution >= 4 is 21.6 Å². The highest BCUT2D eigenvalue weighted by Crippen LogP contribution is 2.23. The van der Waals surface area contributed by atoms with E-state index in [0.717, 1.165) is 44.0 Å². The fourth-order valence-corrected chi connectivity index (χ4v) is 5.35. The van der Waals surface area contributed by atoms with Gasteiger partial charge < -0.3 is 9.73 Å². The Morgan fingerprint density at radius 3 is 2.45 bits per heavy atom. The van der Waals surface area contributed by atoms with E-state index in [2.05, 4.69) is 21.0 Å². The Bertz CT molecular complexity index is 1020. The number of benzene rings is 1. The molecule has 1 fully saturated rings. The van der Waals surface area contributed by atoms with E-state index in [4.69, 9.17) is 4.42 Å². The number of carbonyl (C=O) groups excluding carboxylic acids is 1. The third-order valence-corrected chi connectivity index (χ3v) is 7.46. The van der Waals surface area contributed by atoms with Crippen LogP contribution in [0.5, 0.6) is 0 Å². The predicted octanol–water partition coefficient (Wildman–Crippen LogP) is 3.74. The van der Waals surface area contributed by atoms with Gasteiger partial charge in [0.25, 0.3) is 0 Å². The van der Waals surface area contributed by atoms with Crippen molar-refractivity contribution in [3.63, 3.8) is 0 Å². The first-order valence-corrected chi connectivity index (χ1v) is 12.3. The predicted molar refractivity (Wildman–Crippen MR) is 121 cm³/mol. The fraction of sp³-hybridized carbons (Fsp3) is 0.522. The van der Waals surface area contributed by atoms with E-state index in [1.54, 1.807) is 32.0 Å². The summed E-state index contributed by atoms with van der Waals surface area (Å²) in [5.41, 5.74) is 2.45. The monoisotopic (exact) mass is 447 g/mol. The van der Waals surface area contributed by atoms with E-state index < -0.39 is 10.0 Å². The van der Waals surface area contributed by atoms with Crippen LogP contribution in [0, 0.1) is 26.7 Å². The zero-order valence-electron chi connectivity index (χ0n) is 18.8. The van der Waals surface area contributed by atoms with Crippen LogP contribution in [-0.2, 0) is 21.4 Å². The highest BCUT2D eigenvalue weighted by molar-refractivity contribution is 7.89. The van der Waals surface area contributed by atoms with Gasteiger partial charge in [0.05, 0.1) is 4.90 Å². The summed E-state index contributed by atoms with van der Waals surface area (Å²) in [5, 5.41) is 2.76. The minimum atomic E-state index is -3.59. The van der Waals surface area contributed by atoms with Crippen molar-refractivity contribution in [3.05, 3.63) is 46.9 Å². The van der Waals surface area contributed by atoms with Crippen molar-refractivity contribution in [1.29, 1.82) is 0 Å². The minimum Gasteiger partial charge on any atom is -0.466 e. The van der Waals surface area contributed by atoms with Crippen molar-refractivity contribution in [3.8, 4) is 0 Å². The van der Waals surface area contributed by atoms with Crippen LogP contribution in [0.15, 0.2) is 33.6 Å². The van der Waals surface area contributed by atoms with Crippen LogP contribution in [0.2, 0.25) is 0 Å². The molecule has 1 aromatic carbocycles. The molecule has 8 heteroatoms. The summed E-state index contributed by atoms with van der Waals surface area (Å²) in [6.07, 6.45) is 2.29. The number of nitrogens with zero attached hydrogens (tertiary/aromatic N) is 1. The first-order chi connectivity index (χ1) is 14.7. The molecule has 1 aromatic heterocycles. The number of anilines is 1. The van der Waals surface area contributed by atoms with Crippen molar-refractivity contribution in [2.24, 2.45) is 5.92 Å². The molecule has 1 amide bonds. The number of piperidine rings is 1. The van der Waals surface area contributed by atoms with Gasteiger partial charge in [0.2, 0.25) is 15.9 Å². The Hall–Kier alpha value is -2.16. The molecule has 0 spiro atoms. The van der Waals surface area contributed by atoms with Crippen LogP contribution in [-0.4, -0.2) is 38.9 Å². The van der Waals surface area contributed by atoms with Gasteiger partial charge in [-0.3, -0.25) is 9.69 Å². The van der Waals surface area contributed by atoms with Gasteiger partial charge in [-0.05, 0) is 82.4 Å². The Morgan fingerprint density at radius 2 is 1.87 bits per heavy atom. The molecule has 0 atom stereocenters. The molecule has 0 radical (unpaired) electrons. The Labute approximate surface area is 185 Å². The molecule has 3 rings (SSSR count). The summed E-state index contributed by atoms with van der Waals surface area (Å²) in [4.78, 5) is 14.2. The normalized spacial score (nSPS) is 15.9. The molecule has 1 aliphatic heterocycles. The molecular weight excluding hydrogens is 414 g/mol. The topological polar surface area (TPSA) is 91.6 Å².